The number of hydrogen-bond acceptors (Lipinski definition) is 7. The van der Waals surface area contributed by atoms with E-state index in [2.05, 4.69) is 46.2 Å². The maximum absolute atomic E-state index is 14.2. The Morgan fingerprint density at radius 2 is 1.62 bits per heavy atom. The molecular formula is C36H46N4O6S2. The van der Waals surface area contributed by atoms with Gasteiger partial charge in [0.05, 0.1) is 15.5 Å². The van der Waals surface area contributed by atoms with Gasteiger partial charge in [0.1, 0.15) is 28.8 Å². The molecule has 0 aromatic heterocycles. The van der Waals surface area contributed by atoms with Crippen molar-refractivity contribution >= 4 is 51.9 Å². The van der Waals surface area contributed by atoms with Gasteiger partial charge in [-0.25, -0.2) is 8.93 Å². The number of hydrogen-bond donors (Lipinski definition) is 4. The van der Waals surface area contributed by atoms with Crippen LogP contribution in [0.3, 0.4) is 0 Å². The van der Waals surface area contributed by atoms with Crippen molar-refractivity contribution in [3.8, 4) is 5.75 Å². The Bertz CT molecular complexity index is 1570. The SMILES string of the molecule is CCCCC1(CCCC)CN(c2ccccc2)c2cc(SC)c(OCC(=O)NC(C(=O)N[C@@H](C)C(=O)O)c3ccccc3)cc2S(=O)N1. The molecule has 1 aliphatic rings. The topological polar surface area (TPSA) is 137 Å². The molecule has 12 heteroatoms. The first kappa shape index (κ1) is 37.0. The summed E-state index contributed by atoms with van der Waals surface area (Å²) in [7, 11) is -1.57. The second-order valence-corrected chi connectivity index (χ2v) is 14.0. The van der Waals surface area contributed by atoms with Crippen molar-refractivity contribution < 1.29 is 28.4 Å². The number of rotatable bonds is 16. The van der Waals surface area contributed by atoms with Gasteiger partial charge < -0.3 is 25.4 Å². The van der Waals surface area contributed by atoms with Crippen LogP contribution < -0.4 is 25.0 Å². The van der Waals surface area contributed by atoms with Crippen LogP contribution in [0, 0.1) is 0 Å². The van der Waals surface area contributed by atoms with Gasteiger partial charge in [-0.3, -0.25) is 14.4 Å². The monoisotopic (exact) mass is 694 g/mol. The lowest BCUT2D eigenvalue weighted by atomic mass is 9.87. The normalized spacial score (nSPS) is 16.6. The summed E-state index contributed by atoms with van der Waals surface area (Å²) in [5, 5.41) is 14.4. The molecule has 0 saturated carbocycles. The molecule has 2 unspecified atom stereocenters. The van der Waals surface area contributed by atoms with Crippen molar-refractivity contribution in [3.05, 3.63) is 78.4 Å². The lowest BCUT2D eigenvalue weighted by Gasteiger charge is -2.37. The maximum atomic E-state index is 14.2. The molecule has 3 aromatic rings. The highest BCUT2D eigenvalue weighted by molar-refractivity contribution is 7.98. The number of carbonyl (C=O) groups excluding carboxylic acids is 2. The number of nitrogens with zero attached hydrogens (tertiary/aromatic N) is 1. The van der Waals surface area contributed by atoms with Gasteiger partial charge in [-0.1, -0.05) is 88.1 Å². The average molecular weight is 695 g/mol. The van der Waals surface area contributed by atoms with Crippen LogP contribution in [0.4, 0.5) is 11.4 Å². The smallest absolute Gasteiger partial charge is 0.325 e. The molecule has 0 bridgehead atoms. The Hall–Kier alpha value is -3.87. The van der Waals surface area contributed by atoms with E-state index in [-0.39, 0.29) is 5.54 Å². The number of unbranched alkanes of at least 4 members (excludes halogenated alkanes) is 2. The summed E-state index contributed by atoms with van der Waals surface area (Å²) in [6.07, 6.45) is 7.75. The minimum Gasteiger partial charge on any atom is -0.483 e. The van der Waals surface area contributed by atoms with Crippen molar-refractivity contribution in [2.45, 2.75) is 86.7 Å². The second-order valence-electron chi connectivity index (χ2n) is 12.0. The summed E-state index contributed by atoms with van der Waals surface area (Å²) < 4.78 is 23.8. The first-order chi connectivity index (χ1) is 23.1. The Morgan fingerprint density at radius 1 is 1.00 bits per heavy atom. The van der Waals surface area contributed by atoms with E-state index in [1.165, 1.54) is 18.7 Å². The number of anilines is 2. The van der Waals surface area contributed by atoms with Crippen LogP contribution in [0.25, 0.3) is 0 Å². The molecule has 48 heavy (non-hydrogen) atoms. The zero-order valence-electron chi connectivity index (χ0n) is 28.0. The molecule has 3 aromatic carbocycles. The summed E-state index contributed by atoms with van der Waals surface area (Å²) in [5.74, 6) is -2.03. The summed E-state index contributed by atoms with van der Waals surface area (Å²) in [6.45, 7) is 5.91. The number of carboxylic acids is 1. The van der Waals surface area contributed by atoms with Crippen molar-refractivity contribution in [1.29, 1.82) is 0 Å². The molecule has 3 atom stereocenters. The van der Waals surface area contributed by atoms with Gasteiger partial charge in [-0.2, -0.15) is 0 Å². The van der Waals surface area contributed by atoms with E-state index in [1.54, 1.807) is 36.4 Å². The second kappa shape index (κ2) is 17.5. The van der Waals surface area contributed by atoms with Gasteiger partial charge in [0.2, 0.25) is 5.91 Å². The predicted octanol–water partition coefficient (Wildman–Crippen LogP) is 6.12. The Balaban J connectivity index is 1.64. The number of aliphatic carboxylic acids is 1. The largest absolute Gasteiger partial charge is 0.483 e. The number of carbonyl (C=O) groups is 3. The van der Waals surface area contributed by atoms with Crippen LogP contribution in [0.5, 0.6) is 5.75 Å². The zero-order chi connectivity index (χ0) is 34.7. The lowest BCUT2D eigenvalue weighted by Crippen LogP contribution is -2.51. The molecule has 0 fully saturated rings. The Labute approximate surface area is 290 Å². The Kier molecular flexibility index (Phi) is 13.5. The first-order valence-corrected chi connectivity index (χ1v) is 18.7. The van der Waals surface area contributed by atoms with E-state index in [9.17, 15) is 23.7 Å². The van der Waals surface area contributed by atoms with Crippen molar-refractivity contribution in [2.24, 2.45) is 0 Å². The van der Waals surface area contributed by atoms with E-state index in [1.807, 2.05) is 30.5 Å². The van der Waals surface area contributed by atoms with E-state index in [0.29, 0.717) is 22.8 Å². The molecule has 4 rings (SSSR count). The van der Waals surface area contributed by atoms with Gasteiger partial charge >= 0.3 is 5.97 Å². The van der Waals surface area contributed by atoms with E-state index < -0.39 is 47.5 Å². The molecule has 4 N–H and O–H groups in total. The van der Waals surface area contributed by atoms with E-state index in [0.717, 1.165) is 54.8 Å². The van der Waals surface area contributed by atoms with E-state index in [4.69, 9.17) is 4.74 Å². The van der Waals surface area contributed by atoms with E-state index >= 15 is 0 Å². The molecular weight excluding hydrogens is 649 g/mol. The quantitative estimate of drug-likeness (QED) is 0.132. The van der Waals surface area contributed by atoms with Crippen molar-refractivity contribution in [2.75, 3.05) is 24.3 Å². The average Bonchev–Trinajstić information content (AvgIpc) is 3.21. The molecule has 0 spiro atoms. The number of thioether (sulfide) groups is 1. The minimum atomic E-state index is -1.57. The minimum absolute atomic E-state index is 0.378. The van der Waals surface area contributed by atoms with Crippen molar-refractivity contribution in [3.63, 3.8) is 0 Å². The summed E-state index contributed by atoms with van der Waals surface area (Å²) in [4.78, 5) is 41.2. The predicted molar refractivity (Wildman–Crippen MR) is 191 cm³/mol. The Morgan fingerprint density at radius 3 is 2.21 bits per heavy atom. The van der Waals surface area contributed by atoms with Crippen LogP contribution in [-0.2, 0) is 25.4 Å². The summed E-state index contributed by atoms with van der Waals surface area (Å²) in [5.41, 5.74) is 1.93. The van der Waals surface area contributed by atoms with Crippen LogP contribution >= 0.6 is 11.8 Å². The molecule has 1 aliphatic heterocycles. The zero-order valence-corrected chi connectivity index (χ0v) is 29.6. The van der Waals surface area contributed by atoms with Crippen LogP contribution in [0.2, 0.25) is 0 Å². The maximum Gasteiger partial charge on any atom is 0.325 e. The van der Waals surface area contributed by atoms with Gasteiger partial charge in [-0.15, -0.1) is 11.8 Å². The third-order valence-electron chi connectivity index (χ3n) is 8.38. The van der Waals surface area contributed by atoms with Gasteiger partial charge in [0.15, 0.2) is 6.61 Å². The highest BCUT2D eigenvalue weighted by Crippen LogP contribution is 2.43. The number of carboxylic acid groups (broad SMARTS) is 1. The van der Waals surface area contributed by atoms with Crippen molar-refractivity contribution in [1.82, 2.24) is 15.4 Å². The number of fused-ring (bicyclic) bond motifs is 1. The molecule has 0 aliphatic carbocycles. The molecule has 1 heterocycles. The van der Waals surface area contributed by atoms with Crippen LogP contribution in [0.15, 0.2) is 82.6 Å². The fourth-order valence-corrected chi connectivity index (χ4v) is 7.63. The standard InChI is InChI=1S/C36H46N4O6S2/c1-5-7-19-36(20-8-6-2)24-40(27-17-13-10-14-18-27)28-21-30(47-4)29(22-31(28)48(45)39-36)46-23-32(41)38-33(26-15-11-9-12-16-26)34(42)37-25(3)35(43)44/h9-18,21-22,25,33,39H,5-8,19-20,23-24H2,1-4H3,(H,37,42)(H,38,41)(H,43,44)/t25-,33?,48?/m0/s1. The van der Waals surface area contributed by atoms with Gasteiger partial charge in [0, 0.05) is 23.8 Å². The number of ether oxygens (including phenoxy) is 1. The molecule has 0 saturated heterocycles. The highest BCUT2D eigenvalue weighted by Gasteiger charge is 2.39. The number of para-hydroxylation sites is 1. The molecule has 10 nitrogen and oxygen atoms in total. The molecule has 2 amide bonds. The molecule has 258 valence electrons. The van der Waals surface area contributed by atoms with Gasteiger partial charge in [0.25, 0.3) is 5.91 Å². The first-order valence-electron chi connectivity index (χ1n) is 16.4. The van der Waals surface area contributed by atoms with Crippen LogP contribution in [0.1, 0.15) is 70.9 Å². The fraction of sp³-hybridized carbons (Fsp3) is 0.417. The highest BCUT2D eigenvalue weighted by atomic mass is 32.2. The number of amides is 2. The number of benzene rings is 3. The van der Waals surface area contributed by atoms with Gasteiger partial charge in [-0.05, 0) is 49.8 Å². The fourth-order valence-electron chi connectivity index (χ4n) is 5.74. The third kappa shape index (κ3) is 9.39. The summed E-state index contributed by atoms with van der Waals surface area (Å²) in [6, 6.07) is 20.1. The molecule has 0 radical (unpaired) electrons. The number of nitrogens with one attached hydrogen (secondary N) is 3. The lowest BCUT2D eigenvalue weighted by molar-refractivity contribution is -0.141. The third-order valence-corrected chi connectivity index (χ3v) is 10.5. The summed E-state index contributed by atoms with van der Waals surface area (Å²) >= 11 is 1.46. The van der Waals surface area contributed by atoms with Crippen LogP contribution in [-0.4, -0.2) is 58.1 Å².